The van der Waals surface area contributed by atoms with Gasteiger partial charge in [-0.05, 0) is 129 Å². The van der Waals surface area contributed by atoms with Crippen molar-refractivity contribution in [2.45, 2.75) is 92.4 Å². The van der Waals surface area contributed by atoms with Crippen LogP contribution in [0.15, 0.2) is 152 Å². The van der Waals surface area contributed by atoms with Gasteiger partial charge in [0.1, 0.15) is 29.1 Å². The first-order valence-corrected chi connectivity index (χ1v) is 26.3. The van der Waals surface area contributed by atoms with E-state index in [2.05, 4.69) is 134 Å². The molecule has 10 aromatic rings. The number of halogens is 4. The maximum absolute atomic E-state index is 15.2. The fourth-order valence-electron chi connectivity index (χ4n) is 10.8. The molecule has 3 heterocycles. The number of nitrogens with zero attached hydrogens (tertiary/aromatic N) is 4. The van der Waals surface area contributed by atoms with Gasteiger partial charge in [0.25, 0.3) is 0 Å². The van der Waals surface area contributed by atoms with Crippen LogP contribution < -0.4 is 14.5 Å². The van der Waals surface area contributed by atoms with Gasteiger partial charge in [0, 0.05) is 84.1 Å². The normalized spacial score (nSPS) is 12.6. The van der Waals surface area contributed by atoms with Crippen molar-refractivity contribution in [3.05, 3.63) is 222 Å². The van der Waals surface area contributed by atoms with Crippen molar-refractivity contribution in [3.8, 4) is 50.7 Å². The Morgan fingerprint density at radius 2 is 1.13 bits per heavy atom. The molecular weight excluding hydrogens is 1160 g/mol. The molecule has 398 valence electrons. The first-order valence-electron chi connectivity index (χ1n) is 26.3. The van der Waals surface area contributed by atoms with E-state index in [1.54, 1.807) is 18.2 Å². The second-order valence-corrected chi connectivity index (χ2v) is 22.2. The Kier molecular flexibility index (Phi) is 14.5. The minimum absolute atomic E-state index is 0. The molecule has 1 aliphatic heterocycles. The number of hydrogen-bond acceptors (Lipinski definition) is 4. The van der Waals surface area contributed by atoms with E-state index in [9.17, 15) is 0 Å². The van der Waals surface area contributed by atoms with Crippen LogP contribution in [0.2, 0.25) is 0 Å². The molecule has 0 aliphatic carbocycles. The number of hydrogen-bond donors (Lipinski definition) is 0. The summed E-state index contributed by atoms with van der Waals surface area (Å²) in [5.74, 6) is -0.718. The summed E-state index contributed by atoms with van der Waals surface area (Å²) in [6, 6.07) is 52.6. The summed E-state index contributed by atoms with van der Waals surface area (Å²) < 4.78 is 69.9. The molecule has 5 nitrogen and oxygen atoms in total. The predicted octanol–water partition coefficient (Wildman–Crippen LogP) is 19.5. The fraction of sp³-hybridized carbons (Fsp3) is 0.206. The van der Waals surface area contributed by atoms with Gasteiger partial charge in [-0.25, -0.2) is 22.5 Å². The van der Waals surface area contributed by atoms with Gasteiger partial charge in [-0.2, -0.15) is 6.07 Å². The van der Waals surface area contributed by atoms with Gasteiger partial charge in [0.05, 0.1) is 0 Å². The van der Waals surface area contributed by atoms with Crippen molar-refractivity contribution in [1.82, 2.24) is 9.55 Å². The van der Waals surface area contributed by atoms with Gasteiger partial charge in [0.15, 0.2) is 0 Å². The van der Waals surface area contributed by atoms with Gasteiger partial charge in [-0.3, -0.25) is 0 Å². The molecule has 78 heavy (non-hydrogen) atoms. The number of para-hydroxylation sites is 4. The predicted molar refractivity (Wildman–Crippen MR) is 306 cm³/mol. The van der Waals surface area contributed by atoms with Gasteiger partial charge in [0.2, 0.25) is 0 Å². The summed E-state index contributed by atoms with van der Waals surface area (Å²) >= 11 is 0. The molecule has 10 heteroatoms. The molecule has 1 aliphatic rings. The van der Waals surface area contributed by atoms with Gasteiger partial charge in [-0.15, -0.1) is 53.6 Å². The Balaban J connectivity index is 0.00000688. The van der Waals surface area contributed by atoms with E-state index in [0.717, 1.165) is 62.3 Å². The van der Waals surface area contributed by atoms with E-state index < -0.39 is 23.3 Å². The van der Waals surface area contributed by atoms with Crippen molar-refractivity contribution in [2.75, 3.05) is 9.80 Å². The van der Waals surface area contributed by atoms with Crippen molar-refractivity contribution in [2.24, 2.45) is 0 Å². The summed E-state index contributed by atoms with van der Waals surface area (Å²) in [5.41, 5.74) is 13.4. The van der Waals surface area contributed by atoms with Gasteiger partial charge >= 0.3 is 0 Å². The third-order valence-electron chi connectivity index (χ3n) is 14.6. The summed E-state index contributed by atoms with van der Waals surface area (Å²) in [5, 5.41) is 2.07. The van der Waals surface area contributed by atoms with Crippen molar-refractivity contribution >= 4 is 44.6 Å². The van der Waals surface area contributed by atoms with Crippen LogP contribution in [0, 0.1) is 49.0 Å². The zero-order valence-electron chi connectivity index (χ0n) is 45.3. The summed E-state index contributed by atoms with van der Waals surface area (Å²) in [7, 11) is 0. The quantitative estimate of drug-likeness (QED) is 0.0955. The topological polar surface area (TPSA) is 33.5 Å². The van der Waals surface area contributed by atoms with Crippen LogP contribution in [0.1, 0.15) is 108 Å². The SMILES string of the molecule is Cc1cc(C(C)(C)C)cc(-n2c3[c-]c(Oc4[c-]c(N5[CH-]N(c6c(-c7cc(F)cc(F)c7)cccc6-c6cc(F)cc(F)c6)c6ccccc65)cc(-c5c(C(C)C)cc(C(C)C)cc5C(C)C)c4)ccc3c3ccccc32)n1.[Pt]. The average molecular weight is 1220 g/mol. The third-order valence-corrected chi connectivity index (χ3v) is 14.6. The standard InChI is InChI=1S/C68H59F4N4O.Pt/c1-39(2)43-31-59(40(3)4)66(60(32-43)41(5)6)46-29-52(36-54(30-46)77-53-22-23-58-57-16-11-12-19-61(57)76(64(58)37-53)65-33-47(68(8,9)10)24-42(7)73-65)74-38-75(63-21-14-13-20-62(63)74)67-55(44-25-48(69)34-49(70)26-44)17-15-18-56(67)45-27-50(71)35-51(72)28-45;/h11-35,38-41H,1-10H3;/q-3;. The molecule has 0 fully saturated rings. The Morgan fingerprint density at radius 3 is 1.71 bits per heavy atom. The van der Waals surface area contributed by atoms with E-state index in [4.69, 9.17) is 9.72 Å². The first-order chi connectivity index (χ1) is 36.8. The van der Waals surface area contributed by atoms with Crippen LogP contribution in [0.4, 0.5) is 40.3 Å². The zero-order chi connectivity index (χ0) is 54.2. The molecule has 2 aromatic heterocycles. The smallest absolute Gasteiger partial charge is 0.136 e. The average Bonchev–Trinajstić information content (AvgIpc) is 4.05. The number of aryl methyl sites for hydroxylation is 1. The second kappa shape index (κ2) is 21.0. The number of aromatic nitrogens is 2. The van der Waals surface area contributed by atoms with E-state index in [-0.39, 0.29) is 49.4 Å². The summed E-state index contributed by atoms with van der Waals surface area (Å²) in [4.78, 5) is 9.01. The number of fused-ring (bicyclic) bond motifs is 4. The number of rotatable bonds is 11. The molecule has 11 rings (SSSR count). The molecule has 0 saturated heterocycles. The minimum atomic E-state index is -0.762. The maximum Gasteiger partial charge on any atom is 0.136 e. The molecule has 0 bridgehead atoms. The van der Waals surface area contributed by atoms with Crippen LogP contribution in [0.3, 0.4) is 0 Å². The van der Waals surface area contributed by atoms with Crippen LogP contribution in [0.5, 0.6) is 11.5 Å². The van der Waals surface area contributed by atoms with E-state index in [1.165, 1.54) is 46.5 Å². The molecular formula is C68H59F4N4OPt-3. The van der Waals surface area contributed by atoms with Crippen LogP contribution in [-0.4, -0.2) is 9.55 Å². The minimum Gasteiger partial charge on any atom is -0.509 e. The van der Waals surface area contributed by atoms with Crippen LogP contribution >= 0.6 is 0 Å². The van der Waals surface area contributed by atoms with Crippen molar-refractivity contribution < 1.29 is 43.4 Å². The molecule has 0 amide bonds. The molecule has 0 N–H and O–H groups in total. The van der Waals surface area contributed by atoms with Gasteiger partial charge < -0.3 is 19.1 Å². The van der Waals surface area contributed by atoms with Crippen molar-refractivity contribution in [1.29, 1.82) is 0 Å². The molecule has 0 saturated carbocycles. The largest absolute Gasteiger partial charge is 0.509 e. The Bertz CT molecular complexity index is 3810. The molecule has 0 unspecified atom stereocenters. The fourth-order valence-corrected chi connectivity index (χ4v) is 10.8. The monoisotopic (exact) mass is 1220 g/mol. The van der Waals surface area contributed by atoms with Crippen molar-refractivity contribution in [3.63, 3.8) is 0 Å². The first kappa shape index (κ1) is 53.9. The Labute approximate surface area is 469 Å². The number of anilines is 4. The maximum atomic E-state index is 15.2. The molecule has 8 aromatic carbocycles. The molecule has 0 atom stereocenters. The van der Waals surface area contributed by atoms with Crippen LogP contribution in [0.25, 0.3) is 61.0 Å². The molecule has 0 spiro atoms. The molecule has 0 radical (unpaired) electrons. The number of pyridine rings is 1. The van der Waals surface area contributed by atoms with Crippen LogP contribution in [-0.2, 0) is 26.5 Å². The van der Waals surface area contributed by atoms with E-state index in [1.807, 2.05) is 65.9 Å². The summed E-state index contributed by atoms with van der Waals surface area (Å²) in [6.45, 7) is 23.9. The summed E-state index contributed by atoms with van der Waals surface area (Å²) in [6.07, 6.45) is 0. The van der Waals surface area contributed by atoms with E-state index in [0.29, 0.717) is 45.6 Å². The number of ether oxygens (including phenoxy) is 1. The zero-order valence-corrected chi connectivity index (χ0v) is 47.5. The van der Waals surface area contributed by atoms with E-state index >= 15 is 17.6 Å². The number of benzene rings is 8. The third kappa shape index (κ3) is 10.1. The van der Waals surface area contributed by atoms with Gasteiger partial charge in [-0.1, -0.05) is 128 Å². The second-order valence-electron chi connectivity index (χ2n) is 22.2. The Morgan fingerprint density at radius 1 is 0.551 bits per heavy atom. The Hall–Kier alpha value is -7.48.